The molecule has 0 spiro atoms. The molecule has 0 radical (unpaired) electrons. The number of thioether (sulfide) groups is 1. The maximum atomic E-state index is 12.3. The zero-order valence-corrected chi connectivity index (χ0v) is 18.2. The molecule has 0 aliphatic carbocycles. The third-order valence-electron chi connectivity index (χ3n) is 3.84. The lowest BCUT2D eigenvalue weighted by molar-refractivity contribution is -0.115. The fourth-order valence-corrected chi connectivity index (χ4v) is 5.01. The molecule has 6 nitrogen and oxygen atoms in total. The SMILES string of the molecule is Cc1cc(C)c(NC(=O)CSc2nnc(NC(=O)Cc3cccs3)s2)c(C)c1. The summed E-state index contributed by atoms with van der Waals surface area (Å²) >= 11 is 4.10. The first kappa shape index (κ1) is 20.5. The molecule has 0 saturated carbocycles. The van der Waals surface area contributed by atoms with Crippen LogP contribution in [-0.2, 0) is 16.0 Å². The van der Waals surface area contributed by atoms with Gasteiger partial charge >= 0.3 is 0 Å². The van der Waals surface area contributed by atoms with E-state index in [1.807, 2.05) is 50.4 Å². The van der Waals surface area contributed by atoms with Crippen molar-refractivity contribution < 1.29 is 9.59 Å². The standard InChI is InChI=1S/C19H20N4O2S3/c1-11-7-12(2)17(13(3)8-11)20-16(25)10-27-19-23-22-18(28-19)21-15(24)9-14-5-4-6-26-14/h4-8H,9-10H2,1-3H3,(H,20,25)(H,21,22,24). The van der Waals surface area contributed by atoms with E-state index in [1.165, 1.54) is 40.0 Å². The number of rotatable bonds is 7. The van der Waals surface area contributed by atoms with Gasteiger partial charge < -0.3 is 10.6 Å². The Morgan fingerprint density at radius 2 is 1.82 bits per heavy atom. The molecule has 146 valence electrons. The lowest BCUT2D eigenvalue weighted by atomic mass is 10.1. The highest BCUT2D eigenvalue weighted by atomic mass is 32.2. The topological polar surface area (TPSA) is 84.0 Å². The van der Waals surface area contributed by atoms with Crippen LogP contribution in [0.2, 0.25) is 0 Å². The highest BCUT2D eigenvalue weighted by molar-refractivity contribution is 8.01. The van der Waals surface area contributed by atoms with Gasteiger partial charge in [-0.2, -0.15) is 0 Å². The van der Waals surface area contributed by atoms with Crippen molar-refractivity contribution in [3.05, 3.63) is 51.2 Å². The largest absolute Gasteiger partial charge is 0.325 e. The van der Waals surface area contributed by atoms with Gasteiger partial charge in [-0.1, -0.05) is 46.9 Å². The minimum absolute atomic E-state index is 0.0986. The number of aryl methyl sites for hydroxylation is 3. The molecule has 0 unspecified atom stereocenters. The summed E-state index contributed by atoms with van der Waals surface area (Å²) in [5.74, 6) is 0.00148. The fraction of sp³-hybridized carbons (Fsp3) is 0.263. The molecular formula is C19H20N4O2S3. The number of carbonyl (C=O) groups is 2. The second kappa shape index (κ2) is 9.31. The van der Waals surface area contributed by atoms with E-state index in [0.29, 0.717) is 15.9 Å². The van der Waals surface area contributed by atoms with Gasteiger partial charge in [0.2, 0.25) is 16.9 Å². The summed E-state index contributed by atoms with van der Waals surface area (Å²) in [4.78, 5) is 25.3. The molecule has 0 aliphatic rings. The van der Waals surface area contributed by atoms with Gasteiger partial charge in [0.25, 0.3) is 0 Å². The van der Waals surface area contributed by atoms with Gasteiger partial charge in [-0.25, -0.2) is 0 Å². The van der Waals surface area contributed by atoms with Gasteiger partial charge in [-0.15, -0.1) is 21.5 Å². The first-order valence-corrected chi connectivity index (χ1v) is 11.2. The second-order valence-corrected chi connectivity index (χ2v) is 9.52. The molecule has 2 N–H and O–H groups in total. The molecule has 2 amide bonds. The quantitative estimate of drug-likeness (QED) is 0.426. The van der Waals surface area contributed by atoms with Crippen LogP contribution in [0.5, 0.6) is 0 Å². The molecule has 0 saturated heterocycles. The Morgan fingerprint density at radius 1 is 1.07 bits per heavy atom. The van der Waals surface area contributed by atoms with E-state index in [4.69, 9.17) is 0 Å². The van der Waals surface area contributed by atoms with E-state index in [1.54, 1.807) is 0 Å². The lowest BCUT2D eigenvalue weighted by Crippen LogP contribution is -2.15. The van der Waals surface area contributed by atoms with Crippen LogP contribution in [0.3, 0.4) is 0 Å². The van der Waals surface area contributed by atoms with E-state index in [-0.39, 0.29) is 17.6 Å². The van der Waals surface area contributed by atoms with E-state index in [9.17, 15) is 9.59 Å². The molecule has 28 heavy (non-hydrogen) atoms. The summed E-state index contributed by atoms with van der Waals surface area (Å²) in [6.07, 6.45) is 0.317. The Hall–Kier alpha value is -2.23. The van der Waals surface area contributed by atoms with E-state index in [2.05, 4.69) is 20.8 Å². The highest BCUT2D eigenvalue weighted by Crippen LogP contribution is 2.27. The number of carbonyl (C=O) groups excluding carboxylic acids is 2. The van der Waals surface area contributed by atoms with Crippen molar-refractivity contribution in [2.24, 2.45) is 0 Å². The minimum Gasteiger partial charge on any atom is -0.325 e. The predicted octanol–water partition coefficient (Wildman–Crippen LogP) is 4.44. The predicted molar refractivity (Wildman–Crippen MR) is 117 cm³/mol. The fourth-order valence-electron chi connectivity index (χ4n) is 2.73. The number of nitrogens with one attached hydrogen (secondary N) is 2. The number of amides is 2. The van der Waals surface area contributed by atoms with Gasteiger partial charge in [0.15, 0.2) is 4.34 Å². The molecule has 1 aromatic carbocycles. The van der Waals surface area contributed by atoms with Gasteiger partial charge in [-0.3, -0.25) is 9.59 Å². The van der Waals surface area contributed by atoms with E-state index >= 15 is 0 Å². The Kier molecular flexibility index (Phi) is 6.82. The third kappa shape index (κ3) is 5.63. The molecular weight excluding hydrogens is 412 g/mol. The van der Waals surface area contributed by atoms with Gasteiger partial charge in [0.1, 0.15) is 0 Å². The number of anilines is 2. The summed E-state index contributed by atoms with van der Waals surface area (Å²) in [6, 6.07) is 7.93. The zero-order valence-electron chi connectivity index (χ0n) is 15.7. The van der Waals surface area contributed by atoms with E-state index in [0.717, 1.165) is 21.7 Å². The van der Waals surface area contributed by atoms with Gasteiger partial charge in [0.05, 0.1) is 12.2 Å². The maximum absolute atomic E-state index is 12.3. The van der Waals surface area contributed by atoms with Crippen LogP contribution in [0, 0.1) is 20.8 Å². The normalized spacial score (nSPS) is 10.7. The first-order valence-electron chi connectivity index (χ1n) is 8.57. The first-order chi connectivity index (χ1) is 13.4. The summed E-state index contributed by atoms with van der Waals surface area (Å²) in [7, 11) is 0. The number of nitrogens with zero attached hydrogens (tertiary/aromatic N) is 2. The van der Waals surface area contributed by atoms with Crippen molar-refractivity contribution >= 4 is 57.1 Å². The molecule has 2 aromatic heterocycles. The van der Waals surface area contributed by atoms with Crippen LogP contribution in [0.15, 0.2) is 34.0 Å². The maximum Gasteiger partial charge on any atom is 0.234 e. The molecule has 0 atom stereocenters. The smallest absolute Gasteiger partial charge is 0.234 e. The van der Waals surface area contributed by atoms with Crippen molar-refractivity contribution in [1.82, 2.24) is 10.2 Å². The molecule has 3 aromatic rings. The summed E-state index contributed by atoms with van der Waals surface area (Å²) < 4.78 is 0.638. The van der Waals surface area contributed by atoms with E-state index < -0.39 is 0 Å². The van der Waals surface area contributed by atoms with Gasteiger partial charge in [0, 0.05) is 10.6 Å². The second-order valence-electron chi connectivity index (χ2n) is 6.29. The van der Waals surface area contributed by atoms with Crippen LogP contribution in [0.1, 0.15) is 21.6 Å². The molecule has 0 fully saturated rings. The third-order valence-corrected chi connectivity index (χ3v) is 6.68. The van der Waals surface area contributed by atoms with Crippen LogP contribution < -0.4 is 10.6 Å². The molecule has 9 heteroatoms. The number of benzene rings is 1. The summed E-state index contributed by atoms with van der Waals surface area (Å²) in [5.41, 5.74) is 4.12. The van der Waals surface area contributed by atoms with Crippen LogP contribution in [0.25, 0.3) is 0 Å². The van der Waals surface area contributed by atoms with Crippen LogP contribution >= 0.6 is 34.4 Å². The Balaban J connectivity index is 1.50. The molecule has 0 bridgehead atoms. The number of aromatic nitrogens is 2. The van der Waals surface area contributed by atoms with Crippen molar-refractivity contribution in [2.45, 2.75) is 31.5 Å². The Labute approximate surface area is 175 Å². The van der Waals surface area contributed by atoms with Crippen LogP contribution in [0.4, 0.5) is 10.8 Å². The average Bonchev–Trinajstić information content (AvgIpc) is 3.28. The average molecular weight is 433 g/mol. The molecule has 3 rings (SSSR count). The lowest BCUT2D eigenvalue weighted by Gasteiger charge is -2.12. The Bertz CT molecular complexity index is 960. The van der Waals surface area contributed by atoms with Crippen molar-refractivity contribution in [2.75, 3.05) is 16.4 Å². The summed E-state index contributed by atoms with van der Waals surface area (Å²) in [6.45, 7) is 6.00. The zero-order chi connectivity index (χ0) is 20.1. The van der Waals surface area contributed by atoms with Crippen LogP contribution in [-0.4, -0.2) is 27.8 Å². The molecule has 2 heterocycles. The van der Waals surface area contributed by atoms with Crippen molar-refractivity contribution in [3.8, 4) is 0 Å². The monoisotopic (exact) mass is 432 g/mol. The molecule has 0 aliphatic heterocycles. The highest BCUT2D eigenvalue weighted by Gasteiger charge is 2.13. The minimum atomic E-state index is -0.127. The number of hydrogen-bond donors (Lipinski definition) is 2. The van der Waals surface area contributed by atoms with Crippen molar-refractivity contribution in [3.63, 3.8) is 0 Å². The van der Waals surface area contributed by atoms with Gasteiger partial charge in [-0.05, 0) is 43.3 Å². The van der Waals surface area contributed by atoms with Crippen molar-refractivity contribution in [1.29, 1.82) is 0 Å². The number of thiophene rings is 1. The number of hydrogen-bond acceptors (Lipinski definition) is 7. The summed E-state index contributed by atoms with van der Waals surface area (Å²) in [5, 5.41) is 16.1. The Morgan fingerprint density at radius 3 is 2.50 bits per heavy atom.